The molecule has 1 heterocycles. The Morgan fingerprint density at radius 3 is 2.42 bits per heavy atom. The van der Waals surface area contributed by atoms with Gasteiger partial charge >= 0.3 is 12.0 Å². The minimum Gasteiger partial charge on any atom is -0.480 e. The molecule has 0 spiro atoms. The molecule has 1 atom stereocenters. The van der Waals surface area contributed by atoms with Crippen LogP contribution in [0.25, 0.3) is 0 Å². The number of amides is 2. The van der Waals surface area contributed by atoms with Crippen LogP contribution in [0.5, 0.6) is 0 Å². The van der Waals surface area contributed by atoms with Crippen molar-refractivity contribution in [1.29, 1.82) is 0 Å². The first-order chi connectivity index (χ1) is 8.87. The van der Waals surface area contributed by atoms with Gasteiger partial charge in [-0.05, 0) is 32.6 Å². The van der Waals surface area contributed by atoms with Crippen LogP contribution in [0.15, 0.2) is 0 Å². The van der Waals surface area contributed by atoms with Gasteiger partial charge in [0.2, 0.25) is 0 Å². The summed E-state index contributed by atoms with van der Waals surface area (Å²) in [6, 6.07) is -0.456. The van der Waals surface area contributed by atoms with Crippen molar-refractivity contribution in [2.75, 3.05) is 13.2 Å². The van der Waals surface area contributed by atoms with E-state index in [0.29, 0.717) is 26.0 Å². The monoisotopic (exact) mass is 272 g/mol. The molecule has 0 aromatic rings. The number of ether oxygens (including phenoxy) is 1. The minimum atomic E-state index is -1.19. The Balaban J connectivity index is 2.51. The van der Waals surface area contributed by atoms with Gasteiger partial charge in [-0.3, -0.25) is 0 Å². The average Bonchev–Trinajstić information content (AvgIpc) is 2.81. The third-order valence-electron chi connectivity index (χ3n) is 3.89. The highest BCUT2D eigenvalue weighted by molar-refractivity contribution is 5.86. The quantitative estimate of drug-likeness (QED) is 0.683. The van der Waals surface area contributed by atoms with E-state index in [-0.39, 0.29) is 5.60 Å². The molecule has 110 valence electrons. The van der Waals surface area contributed by atoms with Crippen LogP contribution in [0, 0.1) is 0 Å². The molecule has 0 radical (unpaired) electrons. The number of hydrogen-bond donors (Lipinski definition) is 3. The van der Waals surface area contributed by atoms with Gasteiger partial charge in [0.15, 0.2) is 0 Å². The summed E-state index contributed by atoms with van der Waals surface area (Å²) in [4.78, 5) is 23.1. The molecule has 1 unspecified atom stereocenters. The van der Waals surface area contributed by atoms with Crippen molar-refractivity contribution in [3.63, 3.8) is 0 Å². The molecule has 1 aliphatic heterocycles. The van der Waals surface area contributed by atoms with Crippen LogP contribution >= 0.6 is 0 Å². The summed E-state index contributed by atoms with van der Waals surface area (Å²) in [6.45, 7) is 6.55. The van der Waals surface area contributed by atoms with Gasteiger partial charge in [-0.2, -0.15) is 0 Å². The fraction of sp³-hybridized carbons (Fsp3) is 0.846. The highest BCUT2D eigenvalue weighted by atomic mass is 16.5. The number of urea groups is 1. The van der Waals surface area contributed by atoms with Crippen LogP contribution in [0.1, 0.15) is 46.5 Å². The fourth-order valence-corrected chi connectivity index (χ4v) is 2.29. The number of aliphatic carboxylic acids is 1. The summed E-state index contributed by atoms with van der Waals surface area (Å²) in [5.41, 5.74) is -1.52. The molecular formula is C13H24N2O4. The Hall–Kier alpha value is -1.30. The predicted octanol–water partition coefficient (Wildman–Crippen LogP) is 1.50. The van der Waals surface area contributed by atoms with Gasteiger partial charge < -0.3 is 20.5 Å². The summed E-state index contributed by atoms with van der Waals surface area (Å²) in [6.07, 6.45) is 2.59. The van der Waals surface area contributed by atoms with E-state index in [0.717, 1.165) is 12.8 Å². The van der Waals surface area contributed by atoms with E-state index in [1.54, 1.807) is 13.8 Å². The van der Waals surface area contributed by atoms with Crippen LogP contribution in [0.4, 0.5) is 4.79 Å². The summed E-state index contributed by atoms with van der Waals surface area (Å²) >= 11 is 0. The third kappa shape index (κ3) is 3.83. The van der Waals surface area contributed by atoms with Crippen molar-refractivity contribution in [3.05, 3.63) is 0 Å². The van der Waals surface area contributed by atoms with Crippen molar-refractivity contribution in [2.45, 2.75) is 57.6 Å². The number of nitrogens with one attached hydrogen (secondary N) is 2. The zero-order valence-corrected chi connectivity index (χ0v) is 11.9. The summed E-state index contributed by atoms with van der Waals surface area (Å²) in [7, 11) is 0. The molecule has 0 aromatic carbocycles. The number of carboxylic acid groups (broad SMARTS) is 1. The van der Waals surface area contributed by atoms with Crippen LogP contribution in [0.3, 0.4) is 0 Å². The number of hydrogen-bond acceptors (Lipinski definition) is 3. The molecule has 1 rings (SSSR count). The number of carboxylic acids is 1. The largest absolute Gasteiger partial charge is 0.480 e. The Bertz CT molecular complexity index is 334. The first-order valence-electron chi connectivity index (χ1n) is 6.81. The van der Waals surface area contributed by atoms with Crippen molar-refractivity contribution < 1.29 is 19.4 Å². The van der Waals surface area contributed by atoms with Crippen LogP contribution in [0.2, 0.25) is 0 Å². The second-order valence-corrected chi connectivity index (χ2v) is 5.30. The molecule has 3 N–H and O–H groups in total. The van der Waals surface area contributed by atoms with Crippen LogP contribution in [-0.2, 0) is 9.53 Å². The van der Waals surface area contributed by atoms with E-state index in [1.807, 2.05) is 6.92 Å². The van der Waals surface area contributed by atoms with Crippen LogP contribution in [-0.4, -0.2) is 41.4 Å². The maximum Gasteiger partial charge on any atom is 0.329 e. The zero-order chi connectivity index (χ0) is 14.5. The second-order valence-electron chi connectivity index (χ2n) is 5.30. The van der Waals surface area contributed by atoms with Crippen molar-refractivity contribution in [2.24, 2.45) is 0 Å². The van der Waals surface area contributed by atoms with E-state index >= 15 is 0 Å². The van der Waals surface area contributed by atoms with Crippen molar-refractivity contribution in [1.82, 2.24) is 10.6 Å². The molecule has 1 saturated heterocycles. The SMILES string of the molecule is CCC(CC)(NC(=O)NCC1(C)CCCO1)C(=O)O. The van der Waals surface area contributed by atoms with Crippen LogP contribution < -0.4 is 10.6 Å². The molecule has 2 amide bonds. The van der Waals surface area contributed by atoms with E-state index in [4.69, 9.17) is 4.74 Å². The first-order valence-corrected chi connectivity index (χ1v) is 6.81. The second kappa shape index (κ2) is 6.23. The standard InChI is InChI=1S/C13H24N2O4/c1-4-13(5-2,10(16)17)15-11(18)14-9-12(3)7-6-8-19-12/h4-9H2,1-3H3,(H,16,17)(H2,14,15,18). The molecule has 6 nitrogen and oxygen atoms in total. The lowest BCUT2D eigenvalue weighted by molar-refractivity contribution is -0.144. The maximum absolute atomic E-state index is 11.8. The topological polar surface area (TPSA) is 87.7 Å². The molecule has 0 aliphatic carbocycles. The number of carbonyl (C=O) groups is 2. The first kappa shape index (κ1) is 15.8. The van der Waals surface area contributed by atoms with E-state index in [1.165, 1.54) is 0 Å². The highest BCUT2D eigenvalue weighted by Crippen LogP contribution is 2.24. The molecule has 19 heavy (non-hydrogen) atoms. The van der Waals surface area contributed by atoms with Gasteiger partial charge in [-0.25, -0.2) is 9.59 Å². The average molecular weight is 272 g/mol. The summed E-state index contributed by atoms with van der Waals surface area (Å²) < 4.78 is 5.56. The Morgan fingerprint density at radius 2 is 2.00 bits per heavy atom. The molecule has 0 aromatic heterocycles. The maximum atomic E-state index is 11.8. The number of rotatable bonds is 6. The normalized spacial score (nSPS) is 23.1. The van der Waals surface area contributed by atoms with Crippen molar-refractivity contribution >= 4 is 12.0 Å². The summed E-state index contributed by atoms with van der Waals surface area (Å²) in [5.74, 6) is -1.00. The third-order valence-corrected chi connectivity index (χ3v) is 3.89. The molecule has 0 saturated carbocycles. The molecule has 0 bridgehead atoms. The lowest BCUT2D eigenvalue weighted by Gasteiger charge is -2.29. The smallest absolute Gasteiger partial charge is 0.329 e. The highest BCUT2D eigenvalue weighted by Gasteiger charge is 2.37. The molecular weight excluding hydrogens is 248 g/mol. The van der Waals surface area contributed by atoms with Gasteiger partial charge in [0, 0.05) is 13.2 Å². The van der Waals surface area contributed by atoms with Gasteiger partial charge in [-0.1, -0.05) is 13.8 Å². The van der Waals surface area contributed by atoms with Gasteiger partial charge in [0.25, 0.3) is 0 Å². The van der Waals surface area contributed by atoms with Gasteiger partial charge in [0.05, 0.1) is 5.60 Å². The minimum absolute atomic E-state index is 0.332. The van der Waals surface area contributed by atoms with Gasteiger partial charge in [0.1, 0.15) is 5.54 Å². The fourth-order valence-electron chi connectivity index (χ4n) is 2.29. The van der Waals surface area contributed by atoms with E-state index in [2.05, 4.69) is 10.6 Å². The Labute approximate surface area is 113 Å². The Morgan fingerprint density at radius 1 is 1.37 bits per heavy atom. The van der Waals surface area contributed by atoms with Gasteiger partial charge in [-0.15, -0.1) is 0 Å². The molecule has 6 heteroatoms. The summed E-state index contributed by atoms with van der Waals surface area (Å²) in [5, 5.41) is 14.5. The predicted molar refractivity (Wildman–Crippen MR) is 71.1 cm³/mol. The lowest BCUT2D eigenvalue weighted by Crippen LogP contribution is -2.57. The lowest BCUT2D eigenvalue weighted by atomic mass is 9.93. The number of carbonyl (C=O) groups excluding carboxylic acids is 1. The Kier molecular flexibility index (Phi) is 5.17. The molecule has 1 aliphatic rings. The zero-order valence-electron chi connectivity index (χ0n) is 11.9. The van der Waals surface area contributed by atoms with E-state index < -0.39 is 17.5 Å². The van der Waals surface area contributed by atoms with Crippen molar-refractivity contribution in [3.8, 4) is 0 Å². The van der Waals surface area contributed by atoms with E-state index in [9.17, 15) is 14.7 Å². The molecule has 1 fully saturated rings.